The van der Waals surface area contributed by atoms with E-state index in [2.05, 4.69) is 0 Å². The first-order chi connectivity index (χ1) is 4.20. The van der Waals surface area contributed by atoms with Gasteiger partial charge in [-0.2, -0.15) is 0 Å². The molecule has 0 aromatic carbocycles. The number of carbonyl (C=O) groups excluding carboxylic acids is 1. The number of ketones is 1. The molecule has 0 spiro atoms. The summed E-state index contributed by atoms with van der Waals surface area (Å²) in [6, 6.07) is 0. The predicted octanol–water partition coefficient (Wildman–Crippen LogP) is 1.93. The predicted molar refractivity (Wildman–Crippen MR) is 37.2 cm³/mol. The second kappa shape index (κ2) is 2.34. The summed E-state index contributed by atoms with van der Waals surface area (Å²) in [5.41, 5.74) is 1.23. The van der Waals surface area contributed by atoms with Crippen molar-refractivity contribution >= 4 is 5.78 Å². The Morgan fingerprint density at radius 1 is 1.67 bits per heavy atom. The van der Waals surface area contributed by atoms with Crippen LogP contribution in [0.4, 0.5) is 0 Å². The summed E-state index contributed by atoms with van der Waals surface area (Å²) in [5, 5.41) is 0. The third-order valence-corrected chi connectivity index (χ3v) is 1.85. The minimum absolute atomic E-state index is 0.272. The molecular formula is C8H12O. The molecule has 1 heteroatoms. The van der Waals surface area contributed by atoms with Gasteiger partial charge in [0, 0.05) is 5.92 Å². The minimum Gasteiger partial charge on any atom is -0.295 e. The quantitative estimate of drug-likeness (QED) is 0.482. The molecule has 1 nitrogen and oxygen atoms in total. The van der Waals surface area contributed by atoms with Crippen LogP contribution in [0.5, 0.6) is 0 Å². The van der Waals surface area contributed by atoms with Crippen LogP contribution >= 0.6 is 0 Å². The van der Waals surface area contributed by atoms with Crippen LogP contribution in [-0.4, -0.2) is 5.78 Å². The standard InChI is InChI=1S/C8H12O/c1-6-3-4-7(2)8(9)5-6/h5,7H,3-4H2,1-2H3/t7-/m0/s1. The normalized spacial score (nSPS) is 28.0. The molecule has 0 radical (unpaired) electrons. The van der Waals surface area contributed by atoms with Crippen molar-refractivity contribution in [2.75, 3.05) is 0 Å². The molecule has 0 saturated carbocycles. The van der Waals surface area contributed by atoms with Gasteiger partial charge in [-0.05, 0) is 25.8 Å². The molecule has 0 aromatic heterocycles. The zero-order valence-electron chi connectivity index (χ0n) is 5.98. The lowest BCUT2D eigenvalue weighted by Crippen LogP contribution is -2.12. The van der Waals surface area contributed by atoms with E-state index < -0.39 is 0 Å². The lowest BCUT2D eigenvalue weighted by atomic mass is 9.91. The van der Waals surface area contributed by atoms with E-state index in [1.165, 1.54) is 5.57 Å². The summed E-state index contributed by atoms with van der Waals surface area (Å²) in [6.07, 6.45) is 3.92. The zero-order chi connectivity index (χ0) is 6.85. The Hall–Kier alpha value is -0.590. The molecule has 0 aromatic rings. The maximum Gasteiger partial charge on any atom is 0.158 e. The fraction of sp³-hybridized carbons (Fsp3) is 0.625. The third-order valence-electron chi connectivity index (χ3n) is 1.85. The van der Waals surface area contributed by atoms with E-state index in [0.29, 0.717) is 5.78 Å². The molecule has 0 bridgehead atoms. The van der Waals surface area contributed by atoms with Crippen LogP contribution in [0.25, 0.3) is 0 Å². The molecular weight excluding hydrogens is 112 g/mol. The first kappa shape index (κ1) is 6.53. The van der Waals surface area contributed by atoms with Crippen LogP contribution in [-0.2, 0) is 4.79 Å². The van der Waals surface area contributed by atoms with Gasteiger partial charge in [-0.1, -0.05) is 12.5 Å². The van der Waals surface area contributed by atoms with Crippen molar-refractivity contribution < 1.29 is 4.79 Å². The highest BCUT2D eigenvalue weighted by Gasteiger charge is 2.14. The number of hydrogen-bond donors (Lipinski definition) is 0. The molecule has 0 amide bonds. The highest BCUT2D eigenvalue weighted by molar-refractivity contribution is 5.92. The van der Waals surface area contributed by atoms with Crippen LogP contribution in [0, 0.1) is 5.92 Å². The fourth-order valence-electron chi connectivity index (χ4n) is 1.04. The molecule has 1 aliphatic carbocycles. The van der Waals surface area contributed by atoms with E-state index in [1.54, 1.807) is 6.08 Å². The number of carbonyl (C=O) groups is 1. The van der Waals surface area contributed by atoms with Gasteiger partial charge < -0.3 is 0 Å². The number of rotatable bonds is 0. The van der Waals surface area contributed by atoms with Crippen molar-refractivity contribution in [3.05, 3.63) is 11.6 Å². The van der Waals surface area contributed by atoms with Crippen molar-refractivity contribution in [3.8, 4) is 0 Å². The summed E-state index contributed by atoms with van der Waals surface area (Å²) in [7, 11) is 0. The Morgan fingerprint density at radius 2 is 2.33 bits per heavy atom. The second-order valence-corrected chi connectivity index (χ2v) is 2.83. The van der Waals surface area contributed by atoms with E-state index in [-0.39, 0.29) is 5.92 Å². The second-order valence-electron chi connectivity index (χ2n) is 2.83. The van der Waals surface area contributed by atoms with Crippen LogP contribution in [0.15, 0.2) is 11.6 Å². The van der Waals surface area contributed by atoms with Gasteiger partial charge >= 0.3 is 0 Å². The van der Waals surface area contributed by atoms with Crippen molar-refractivity contribution in [1.29, 1.82) is 0 Å². The SMILES string of the molecule is CC1=CC(=O)[C@@H](C)CC1. The first-order valence-electron chi connectivity index (χ1n) is 3.41. The molecule has 1 atom stereocenters. The third kappa shape index (κ3) is 1.41. The van der Waals surface area contributed by atoms with Crippen molar-refractivity contribution in [1.82, 2.24) is 0 Å². The largest absolute Gasteiger partial charge is 0.295 e. The molecule has 0 aliphatic heterocycles. The lowest BCUT2D eigenvalue weighted by molar-refractivity contribution is -0.118. The maximum atomic E-state index is 10.9. The summed E-state index contributed by atoms with van der Waals surface area (Å²) < 4.78 is 0. The van der Waals surface area contributed by atoms with Gasteiger partial charge in [-0.25, -0.2) is 0 Å². The first-order valence-corrected chi connectivity index (χ1v) is 3.41. The van der Waals surface area contributed by atoms with Crippen LogP contribution in [0.2, 0.25) is 0 Å². The van der Waals surface area contributed by atoms with E-state index >= 15 is 0 Å². The van der Waals surface area contributed by atoms with Gasteiger partial charge in [-0.3, -0.25) is 4.79 Å². The van der Waals surface area contributed by atoms with Crippen molar-refractivity contribution in [2.24, 2.45) is 5.92 Å². The van der Waals surface area contributed by atoms with Gasteiger partial charge in [0.15, 0.2) is 5.78 Å². The Balaban J connectivity index is 2.70. The number of hydrogen-bond acceptors (Lipinski definition) is 1. The summed E-state index contributed by atoms with van der Waals surface area (Å²) >= 11 is 0. The van der Waals surface area contributed by atoms with Crippen LogP contribution in [0.1, 0.15) is 26.7 Å². The Labute approximate surface area is 55.8 Å². The fourth-order valence-corrected chi connectivity index (χ4v) is 1.04. The Kier molecular flexibility index (Phi) is 1.70. The topological polar surface area (TPSA) is 17.1 Å². The van der Waals surface area contributed by atoms with Crippen molar-refractivity contribution in [3.63, 3.8) is 0 Å². The van der Waals surface area contributed by atoms with E-state index in [0.717, 1.165) is 12.8 Å². The molecule has 50 valence electrons. The molecule has 0 unspecified atom stereocenters. The molecule has 9 heavy (non-hydrogen) atoms. The smallest absolute Gasteiger partial charge is 0.158 e. The van der Waals surface area contributed by atoms with Gasteiger partial charge in [0.1, 0.15) is 0 Å². The number of allylic oxidation sites excluding steroid dienone is 2. The summed E-state index contributed by atoms with van der Waals surface area (Å²) in [6.45, 7) is 4.01. The average Bonchev–Trinajstić information content (AvgIpc) is 1.80. The van der Waals surface area contributed by atoms with Gasteiger partial charge in [0.25, 0.3) is 0 Å². The molecule has 1 aliphatic rings. The highest BCUT2D eigenvalue weighted by atomic mass is 16.1. The Morgan fingerprint density at radius 3 is 2.78 bits per heavy atom. The molecule has 0 fully saturated rings. The minimum atomic E-state index is 0.272. The van der Waals surface area contributed by atoms with Gasteiger partial charge in [-0.15, -0.1) is 0 Å². The highest BCUT2D eigenvalue weighted by Crippen LogP contribution is 2.18. The van der Waals surface area contributed by atoms with Gasteiger partial charge in [0.05, 0.1) is 0 Å². The average molecular weight is 124 g/mol. The molecule has 0 N–H and O–H groups in total. The zero-order valence-corrected chi connectivity index (χ0v) is 5.98. The summed E-state index contributed by atoms with van der Waals surface area (Å²) in [4.78, 5) is 10.9. The van der Waals surface area contributed by atoms with E-state index in [9.17, 15) is 4.79 Å². The van der Waals surface area contributed by atoms with Crippen molar-refractivity contribution in [2.45, 2.75) is 26.7 Å². The van der Waals surface area contributed by atoms with Gasteiger partial charge in [0.2, 0.25) is 0 Å². The summed E-state index contributed by atoms with van der Waals surface area (Å²) in [5.74, 6) is 0.576. The van der Waals surface area contributed by atoms with E-state index in [4.69, 9.17) is 0 Å². The van der Waals surface area contributed by atoms with Crippen LogP contribution < -0.4 is 0 Å². The molecule has 0 saturated heterocycles. The lowest BCUT2D eigenvalue weighted by Gasteiger charge is -2.13. The maximum absolute atomic E-state index is 10.9. The molecule has 1 rings (SSSR count). The molecule has 0 heterocycles. The van der Waals surface area contributed by atoms with E-state index in [1.807, 2.05) is 13.8 Å². The monoisotopic (exact) mass is 124 g/mol. The van der Waals surface area contributed by atoms with Crippen LogP contribution in [0.3, 0.4) is 0 Å². The Bertz CT molecular complexity index is 156.